The minimum absolute atomic E-state index is 0.00922. The number of Topliss-reactive ketones (excluding diaryl/α,β-unsaturated/α-hetero) is 1. The molecule has 1 fully saturated rings. The second-order valence-electron chi connectivity index (χ2n) is 10.0. The number of imidazole rings is 1. The van der Waals surface area contributed by atoms with E-state index in [9.17, 15) is 14.7 Å². The number of ether oxygens (including phenoxy) is 1. The number of pyridine rings is 1. The highest BCUT2D eigenvalue weighted by Crippen LogP contribution is 2.41. The first-order valence-corrected chi connectivity index (χ1v) is 12.7. The molecule has 1 saturated heterocycles. The summed E-state index contributed by atoms with van der Waals surface area (Å²) in [6.07, 6.45) is 4.27. The van der Waals surface area contributed by atoms with Gasteiger partial charge >= 0.3 is 0 Å². The quantitative estimate of drug-likeness (QED) is 0.187. The SMILES string of the molecule is Cc1cccn2c(C)c(C(O)=C3C(=O)C(=O)N(Cc4ccco4)C3c3cccc(OCCC(C)C)c3)nc12. The third-order valence-corrected chi connectivity index (χ3v) is 6.89. The lowest BCUT2D eigenvalue weighted by Gasteiger charge is -2.24. The number of hydrogen-bond donors (Lipinski definition) is 1. The van der Waals surface area contributed by atoms with E-state index in [-0.39, 0.29) is 23.6 Å². The molecule has 1 atom stereocenters. The van der Waals surface area contributed by atoms with Gasteiger partial charge in [0, 0.05) is 6.20 Å². The van der Waals surface area contributed by atoms with E-state index < -0.39 is 17.7 Å². The number of benzene rings is 1. The number of rotatable bonds is 8. The summed E-state index contributed by atoms with van der Waals surface area (Å²) in [5, 5.41) is 11.6. The number of aromatic nitrogens is 2. The third-order valence-electron chi connectivity index (χ3n) is 6.89. The van der Waals surface area contributed by atoms with Gasteiger partial charge in [0.2, 0.25) is 0 Å². The van der Waals surface area contributed by atoms with E-state index >= 15 is 0 Å². The number of ketones is 1. The number of nitrogens with zero attached hydrogens (tertiary/aromatic N) is 3. The van der Waals surface area contributed by atoms with Crippen LogP contribution in [0.2, 0.25) is 0 Å². The second kappa shape index (κ2) is 10.2. The average molecular weight is 514 g/mol. The van der Waals surface area contributed by atoms with Crippen LogP contribution in [0.3, 0.4) is 0 Å². The Morgan fingerprint density at radius 3 is 2.66 bits per heavy atom. The van der Waals surface area contributed by atoms with Gasteiger partial charge in [0.1, 0.15) is 22.9 Å². The summed E-state index contributed by atoms with van der Waals surface area (Å²) in [6, 6.07) is 13.8. The van der Waals surface area contributed by atoms with Crippen LogP contribution in [0.5, 0.6) is 5.75 Å². The van der Waals surface area contributed by atoms with Crippen LogP contribution in [0.25, 0.3) is 11.4 Å². The standard InChI is InChI=1S/C30H31N3O5/c1-18(2)12-15-38-22-10-5-9-21(16-22)26-24(28(35)30(36)33(26)17-23-11-7-14-37-23)27(34)25-20(4)32-13-6-8-19(3)29(32)31-25/h5-11,13-14,16,18,26,34H,12,15,17H2,1-4H3. The average Bonchev–Trinajstić information content (AvgIpc) is 3.59. The molecule has 0 saturated carbocycles. The molecule has 4 aromatic rings. The highest BCUT2D eigenvalue weighted by atomic mass is 16.5. The van der Waals surface area contributed by atoms with Crippen LogP contribution >= 0.6 is 0 Å². The molecule has 0 radical (unpaired) electrons. The van der Waals surface area contributed by atoms with Crippen LogP contribution < -0.4 is 4.74 Å². The van der Waals surface area contributed by atoms with E-state index in [0.717, 1.165) is 12.0 Å². The Kier molecular flexibility index (Phi) is 6.80. The number of likely N-dealkylation sites (tertiary alicyclic amines) is 1. The van der Waals surface area contributed by atoms with Crippen molar-refractivity contribution in [3.8, 4) is 5.75 Å². The molecule has 0 aliphatic carbocycles. The van der Waals surface area contributed by atoms with Gasteiger partial charge in [0.25, 0.3) is 11.7 Å². The maximum atomic E-state index is 13.5. The molecule has 5 rings (SSSR count). The number of aliphatic hydroxyl groups excluding tert-OH is 1. The number of hydrogen-bond acceptors (Lipinski definition) is 6. The summed E-state index contributed by atoms with van der Waals surface area (Å²) in [5.74, 6) is -0.125. The second-order valence-corrected chi connectivity index (χ2v) is 10.0. The van der Waals surface area contributed by atoms with Crippen LogP contribution in [-0.2, 0) is 16.1 Å². The van der Waals surface area contributed by atoms with Gasteiger partial charge in [-0.3, -0.25) is 9.59 Å². The number of aliphatic hydroxyl groups is 1. The van der Waals surface area contributed by atoms with Crippen molar-refractivity contribution in [2.45, 2.75) is 46.7 Å². The van der Waals surface area contributed by atoms with Gasteiger partial charge in [-0.25, -0.2) is 4.98 Å². The number of furan rings is 1. The van der Waals surface area contributed by atoms with Gasteiger partial charge in [0.05, 0.1) is 36.7 Å². The summed E-state index contributed by atoms with van der Waals surface area (Å²) in [6.45, 7) is 8.63. The third kappa shape index (κ3) is 4.58. The number of carbonyl (C=O) groups is 2. The molecule has 3 aromatic heterocycles. The molecule has 1 N–H and O–H groups in total. The lowest BCUT2D eigenvalue weighted by Crippen LogP contribution is -2.29. The number of carbonyl (C=O) groups excluding carboxylic acids is 2. The maximum absolute atomic E-state index is 13.5. The number of fused-ring (bicyclic) bond motifs is 1. The van der Waals surface area contributed by atoms with E-state index in [0.29, 0.717) is 40.9 Å². The van der Waals surface area contributed by atoms with E-state index in [1.54, 1.807) is 12.1 Å². The smallest absolute Gasteiger partial charge is 0.296 e. The molecule has 196 valence electrons. The molecule has 8 nitrogen and oxygen atoms in total. The van der Waals surface area contributed by atoms with Crippen LogP contribution in [0.15, 0.2) is 71.0 Å². The molecule has 1 aliphatic rings. The van der Waals surface area contributed by atoms with Crippen molar-refractivity contribution in [2.24, 2.45) is 5.92 Å². The topological polar surface area (TPSA) is 97.3 Å². The first-order valence-electron chi connectivity index (χ1n) is 12.7. The van der Waals surface area contributed by atoms with Gasteiger partial charge in [-0.1, -0.05) is 32.0 Å². The fourth-order valence-corrected chi connectivity index (χ4v) is 4.82. The Morgan fingerprint density at radius 1 is 1.13 bits per heavy atom. The van der Waals surface area contributed by atoms with Crippen molar-refractivity contribution in [1.29, 1.82) is 0 Å². The summed E-state index contributed by atoms with van der Waals surface area (Å²) in [4.78, 5) is 32.9. The zero-order valence-electron chi connectivity index (χ0n) is 22.0. The van der Waals surface area contributed by atoms with Crippen molar-refractivity contribution >= 4 is 23.1 Å². The maximum Gasteiger partial charge on any atom is 0.296 e. The normalized spacial score (nSPS) is 17.2. The Hall–Kier alpha value is -4.33. The predicted molar refractivity (Wildman–Crippen MR) is 143 cm³/mol. The van der Waals surface area contributed by atoms with Crippen molar-refractivity contribution in [2.75, 3.05) is 6.61 Å². The number of amides is 1. The molecule has 4 heterocycles. The zero-order valence-corrected chi connectivity index (χ0v) is 22.0. The summed E-state index contributed by atoms with van der Waals surface area (Å²) >= 11 is 0. The molecular formula is C30H31N3O5. The van der Waals surface area contributed by atoms with E-state index in [1.807, 2.05) is 60.8 Å². The van der Waals surface area contributed by atoms with Crippen LogP contribution in [0.1, 0.15) is 54.6 Å². The largest absolute Gasteiger partial charge is 0.505 e. The lowest BCUT2D eigenvalue weighted by atomic mass is 9.96. The molecule has 0 spiro atoms. The van der Waals surface area contributed by atoms with Gasteiger partial charge in [-0.2, -0.15) is 0 Å². The van der Waals surface area contributed by atoms with Crippen molar-refractivity contribution in [3.63, 3.8) is 0 Å². The molecular weight excluding hydrogens is 482 g/mol. The Balaban J connectivity index is 1.63. The predicted octanol–water partition coefficient (Wildman–Crippen LogP) is 5.59. The molecule has 0 bridgehead atoms. The molecule has 1 aliphatic heterocycles. The minimum atomic E-state index is -0.848. The molecule has 1 unspecified atom stereocenters. The first kappa shape index (κ1) is 25.3. The molecule has 8 heteroatoms. The van der Waals surface area contributed by atoms with Gasteiger partial charge in [-0.05, 0) is 67.6 Å². The summed E-state index contributed by atoms with van der Waals surface area (Å²) in [5.41, 5.74) is 3.18. The minimum Gasteiger partial charge on any atom is -0.505 e. The molecule has 38 heavy (non-hydrogen) atoms. The Bertz CT molecular complexity index is 1530. The fraction of sp³-hybridized carbons (Fsp3) is 0.300. The summed E-state index contributed by atoms with van der Waals surface area (Å²) in [7, 11) is 0. The van der Waals surface area contributed by atoms with E-state index in [1.165, 1.54) is 11.2 Å². The van der Waals surface area contributed by atoms with Crippen LogP contribution in [0, 0.1) is 19.8 Å². The van der Waals surface area contributed by atoms with Gasteiger partial charge in [-0.15, -0.1) is 0 Å². The highest BCUT2D eigenvalue weighted by molar-refractivity contribution is 6.46. The van der Waals surface area contributed by atoms with Crippen molar-refractivity contribution in [3.05, 3.63) is 94.8 Å². The Morgan fingerprint density at radius 2 is 1.95 bits per heavy atom. The van der Waals surface area contributed by atoms with Crippen LogP contribution in [-0.4, -0.2) is 37.7 Å². The summed E-state index contributed by atoms with van der Waals surface area (Å²) < 4.78 is 13.3. The highest BCUT2D eigenvalue weighted by Gasteiger charge is 2.47. The van der Waals surface area contributed by atoms with Crippen molar-refractivity contribution < 1.29 is 23.8 Å². The fourth-order valence-electron chi connectivity index (χ4n) is 4.82. The zero-order chi connectivity index (χ0) is 27.0. The van der Waals surface area contributed by atoms with E-state index in [2.05, 4.69) is 18.8 Å². The first-order chi connectivity index (χ1) is 18.3. The Labute approximate surface area is 221 Å². The van der Waals surface area contributed by atoms with Crippen molar-refractivity contribution in [1.82, 2.24) is 14.3 Å². The molecule has 1 amide bonds. The van der Waals surface area contributed by atoms with Gasteiger partial charge < -0.3 is 23.6 Å². The molecule has 1 aromatic carbocycles. The van der Waals surface area contributed by atoms with Gasteiger partial charge in [0.15, 0.2) is 5.76 Å². The van der Waals surface area contributed by atoms with Crippen LogP contribution in [0.4, 0.5) is 0 Å². The van der Waals surface area contributed by atoms with E-state index in [4.69, 9.17) is 9.15 Å². The number of aryl methyl sites for hydroxylation is 2. The lowest BCUT2D eigenvalue weighted by molar-refractivity contribution is -0.140. The monoisotopic (exact) mass is 513 g/mol.